The van der Waals surface area contributed by atoms with E-state index in [0.29, 0.717) is 18.7 Å². The lowest BCUT2D eigenvalue weighted by molar-refractivity contribution is 0.0365. The zero-order valence-electron chi connectivity index (χ0n) is 8.12. The van der Waals surface area contributed by atoms with Gasteiger partial charge in [0.25, 0.3) is 0 Å². The standard InChI is InChI=1S/C12H15ClO/c1-2-8-12(14,9-10-13)11-6-4-3-5-7-11/h2-7,14H,1,8-10H2/t12-/m1/s1. The van der Waals surface area contributed by atoms with Gasteiger partial charge < -0.3 is 5.11 Å². The van der Waals surface area contributed by atoms with E-state index < -0.39 is 5.60 Å². The van der Waals surface area contributed by atoms with Crippen molar-refractivity contribution in [1.29, 1.82) is 0 Å². The lowest BCUT2D eigenvalue weighted by Crippen LogP contribution is -2.25. The van der Waals surface area contributed by atoms with Crippen LogP contribution in [0.5, 0.6) is 0 Å². The molecule has 0 radical (unpaired) electrons. The first kappa shape index (κ1) is 11.3. The largest absolute Gasteiger partial charge is 0.385 e. The number of halogens is 1. The number of hydrogen-bond donors (Lipinski definition) is 1. The quantitative estimate of drug-likeness (QED) is 0.585. The van der Waals surface area contributed by atoms with Crippen LogP contribution in [0.15, 0.2) is 43.0 Å². The van der Waals surface area contributed by atoms with Crippen molar-refractivity contribution in [2.75, 3.05) is 5.88 Å². The van der Waals surface area contributed by atoms with Gasteiger partial charge in [-0.2, -0.15) is 0 Å². The maximum Gasteiger partial charge on any atom is 0.0942 e. The smallest absolute Gasteiger partial charge is 0.0942 e. The molecule has 1 atom stereocenters. The molecule has 0 bridgehead atoms. The maximum atomic E-state index is 10.3. The van der Waals surface area contributed by atoms with Gasteiger partial charge in [-0.05, 0) is 18.4 Å². The van der Waals surface area contributed by atoms with Crippen molar-refractivity contribution in [1.82, 2.24) is 0 Å². The van der Waals surface area contributed by atoms with Gasteiger partial charge in [-0.1, -0.05) is 36.4 Å². The minimum Gasteiger partial charge on any atom is -0.385 e. The van der Waals surface area contributed by atoms with E-state index in [9.17, 15) is 5.11 Å². The van der Waals surface area contributed by atoms with Crippen LogP contribution in [0.2, 0.25) is 0 Å². The van der Waals surface area contributed by atoms with Gasteiger partial charge in [0.2, 0.25) is 0 Å². The van der Waals surface area contributed by atoms with E-state index in [1.807, 2.05) is 30.3 Å². The normalized spacial score (nSPS) is 14.7. The summed E-state index contributed by atoms with van der Waals surface area (Å²) in [5.41, 5.74) is 0.0469. The highest BCUT2D eigenvalue weighted by Crippen LogP contribution is 2.29. The van der Waals surface area contributed by atoms with Gasteiger partial charge >= 0.3 is 0 Å². The highest BCUT2D eigenvalue weighted by molar-refractivity contribution is 6.17. The SMILES string of the molecule is C=CC[C@@](O)(CCCl)c1ccccc1. The van der Waals surface area contributed by atoms with Crippen LogP contribution in [-0.4, -0.2) is 11.0 Å². The molecule has 1 aromatic rings. The first-order valence-electron chi connectivity index (χ1n) is 4.68. The fraction of sp³-hybridized carbons (Fsp3) is 0.333. The minimum atomic E-state index is -0.856. The molecule has 0 aromatic heterocycles. The second-order valence-corrected chi connectivity index (χ2v) is 3.71. The van der Waals surface area contributed by atoms with Crippen molar-refractivity contribution < 1.29 is 5.11 Å². The van der Waals surface area contributed by atoms with Crippen LogP contribution in [-0.2, 0) is 5.60 Å². The molecule has 1 aromatic carbocycles. The molecule has 0 aliphatic heterocycles. The summed E-state index contributed by atoms with van der Waals surface area (Å²) in [6, 6.07) is 9.58. The molecule has 0 fully saturated rings. The van der Waals surface area contributed by atoms with Crippen LogP contribution < -0.4 is 0 Å². The van der Waals surface area contributed by atoms with Crippen molar-refractivity contribution in [2.24, 2.45) is 0 Å². The highest BCUT2D eigenvalue weighted by Gasteiger charge is 2.26. The van der Waals surface area contributed by atoms with Crippen molar-refractivity contribution in [2.45, 2.75) is 18.4 Å². The Bertz CT molecular complexity index is 284. The van der Waals surface area contributed by atoms with Crippen LogP contribution in [0.3, 0.4) is 0 Å². The van der Waals surface area contributed by atoms with Crippen molar-refractivity contribution in [3.8, 4) is 0 Å². The van der Waals surface area contributed by atoms with Crippen molar-refractivity contribution in [3.05, 3.63) is 48.6 Å². The van der Waals surface area contributed by atoms with E-state index in [-0.39, 0.29) is 0 Å². The Balaban J connectivity index is 2.92. The molecule has 0 spiro atoms. The third-order valence-electron chi connectivity index (χ3n) is 2.30. The van der Waals surface area contributed by atoms with Crippen LogP contribution in [0.25, 0.3) is 0 Å². The summed E-state index contributed by atoms with van der Waals surface area (Å²) in [6.07, 6.45) is 2.80. The molecule has 14 heavy (non-hydrogen) atoms. The van der Waals surface area contributed by atoms with Crippen LogP contribution >= 0.6 is 11.6 Å². The molecule has 0 aliphatic carbocycles. The average molecular weight is 211 g/mol. The lowest BCUT2D eigenvalue weighted by Gasteiger charge is -2.26. The Morgan fingerprint density at radius 3 is 2.50 bits per heavy atom. The molecule has 1 N–H and O–H groups in total. The Morgan fingerprint density at radius 1 is 1.36 bits per heavy atom. The Hall–Kier alpha value is -0.790. The molecule has 0 unspecified atom stereocenters. The molecule has 0 aliphatic rings. The molecule has 76 valence electrons. The van der Waals surface area contributed by atoms with Gasteiger partial charge in [-0.3, -0.25) is 0 Å². The van der Waals surface area contributed by atoms with Gasteiger partial charge in [0.15, 0.2) is 0 Å². The lowest BCUT2D eigenvalue weighted by atomic mass is 9.88. The molecule has 2 heteroatoms. The number of hydrogen-bond acceptors (Lipinski definition) is 1. The second kappa shape index (κ2) is 5.18. The Labute approximate surface area is 90.0 Å². The Morgan fingerprint density at radius 2 is 2.00 bits per heavy atom. The first-order chi connectivity index (χ1) is 6.73. The predicted octanol–water partition coefficient (Wildman–Crippen LogP) is 3.08. The summed E-state index contributed by atoms with van der Waals surface area (Å²) in [5, 5.41) is 10.3. The van der Waals surface area contributed by atoms with E-state index in [1.165, 1.54) is 0 Å². The number of aliphatic hydroxyl groups is 1. The van der Waals surface area contributed by atoms with E-state index in [0.717, 1.165) is 5.56 Å². The highest BCUT2D eigenvalue weighted by atomic mass is 35.5. The van der Waals surface area contributed by atoms with E-state index in [4.69, 9.17) is 11.6 Å². The van der Waals surface area contributed by atoms with Gasteiger partial charge in [0, 0.05) is 5.88 Å². The monoisotopic (exact) mass is 210 g/mol. The number of benzene rings is 1. The van der Waals surface area contributed by atoms with Crippen molar-refractivity contribution in [3.63, 3.8) is 0 Å². The summed E-state index contributed by atoms with van der Waals surface area (Å²) < 4.78 is 0. The van der Waals surface area contributed by atoms with Crippen LogP contribution in [0, 0.1) is 0 Å². The fourth-order valence-corrected chi connectivity index (χ4v) is 1.82. The first-order valence-corrected chi connectivity index (χ1v) is 5.21. The zero-order valence-corrected chi connectivity index (χ0v) is 8.87. The molecular weight excluding hydrogens is 196 g/mol. The molecule has 0 amide bonds. The number of alkyl halides is 1. The second-order valence-electron chi connectivity index (χ2n) is 3.33. The fourth-order valence-electron chi connectivity index (χ4n) is 1.51. The topological polar surface area (TPSA) is 20.2 Å². The minimum absolute atomic E-state index is 0.444. The van der Waals surface area contributed by atoms with Gasteiger partial charge in [-0.25, -0.2) is 0 Å². The Kier molecular flexibility index (Phi) is 4.18. The summed E-state index contributed by atoms with van der Waals surface area (Å²) in [4.78, 5) is 0. The van der Waals surface area contributed by atoms with Gasteiger partial charge in [0.05, 0.1) is 5.60 Å². The van der Waals surface area contributed by atoms with Gasteiger partial charge in [-0.15, -0.1) is 18.2 Å². The van der Waals surface area contributed by atoms with Gasteiger partial charge in [0.1, 0.15) is 0 Å². The molecule has 1 nitrogen and oxygen atoms in total. The van der Waals surface area contributed by atoms with E-state index in [1.54, 1.807) is 6.08 Å². The summed E-state index contributed by atoms with van der Waals surface area (Å²) >= 11 is 5.68. The van der Waals surface area contributed by atoms with E-state index >= 15 is 0 Å². The molecule has 0 heterocycles. The zero-order chi connectivity index (χ0) is 10.4. The molecular formula is C12H15ClO. The summed E-state index contributed by atoms with van der Waals surface area (Å²) in [6.45, 7) is 3.65. The van der Waals surface area contributed by atoms with Crippen molar-refractivity contribution >= 4 is 11.6 Å². The molecule has 0 saturated heterocycles. The average Bonchev–Trinajstić information content (AvgIpc) is 2.20. The summed E-state index contributed by atoms with van der Waals surface area (Å²) in [5.74, 6) is 0.444. The third-order valence-corrected chi connectivity index (χ3v) is 2.49. The third kappa shape index (κ3) is 2.60. The summed E-state index contributed by atoms with van der Waals surface area (Å²) in [7, 11) is 0. The maximum absolute atomic E-state index is 10.3. The number of rotatable bonds is 5. The van der Waals surface area contributed by atoms with Crippen LogP contribution in [0.4, 0.5) is 0 Å². The van der Waals surface area contributed by atoms with E-state index in [2.05, 4.69) is 6.58 Å². The predicted molar refractivity (Wildman–Crippen MR) is 60.5 cm³/mol. The molecule has 1 rings (SSSR count). The molecule has 0 saturated carbocycles. The van der Waals surface area contributed by atoms with Crippen LogP contribution in [0.1, 0.15) is 18.4 Å².